The van der Waals surface area contributed by atoms with E-state index in [1.807, 2.05) is 0 Å². The topological polar surface area (TPSA) is 113 Å². The highest BCUT2D eigenvalue weighted by Crippen LogP contribution is 1.84. The van der Waals surface area contributed by atoms with Crippen LogP contribution in [0.2, 0.25) is 0 Å². The van der Waals surface area contributed by atoms with Crippen LogP contribution in [0.5, 0.6) is 0 Å². The smallest absolute Gasteiger partial charge is 0.327 e. The quantitative estimate of drug-likeness (QED) is 0.461. The molecule has 8 heteroatoms. The minimum atomic E-state index is -3.06. The maximum absolute atomic E-state index is 10.8. The zero-order chi connectivity index (χ0) is 12.8. The summed E-state index contributed by atoms with van der Waals surface area (Å²) in [5, 5.41) is 13.6. The number of hydrogen-bond donors (Lipinski definition) is 3. The third-order valence-corrected chi connectivity index (χ3v) is 2.62. The van der Waals surface area contributed by atoms with Gasteiger partial charge in [0.1, 0.15) is 15.9 Å². The Morgan fingerprint density at radius 2 is 1.94 bits per heavy atom. The van der Waals surface area contributed by atoms with Crippen LogP contribution in [-0.4, -0.2) is 56.5 Å². The van der Waals surface area contributed by atoms with E-state index < -0.39 is 27.8 Å². The van der Waals surface area contributed by atoms with Gasteiger partial charge in [-0.1, -0.05) is 0 Å². The van der Waals surface area contributed by atoms with Crippen molar-refractivity contribution in [2.24, 2.45) is 0 Å². The lowest BCUT2D eigenvalue weighted by molar-refractivity contribution is -0.141. The molecule has 0 aliphatic heterocycles. The van der Waals surface area contributed by atoms with Crippen molar-refractivity contribution in [1.82, 2.24) is 10.6 Å². The van der Waals surface area contributed by atoms with Gasteiger partial charge in [0.05, 0.1) is 5.75 Å². The predicted octanol–water partition coefficient (Wildman–Crippen LogP) is -1.79. The minimum absolute atomic E-state index is 0.00949. The first-order valence-electron chi connectivity index (χ1n) is 4.60. The molecule has 0 spiro atoms. The largest absolute Gasteiger partial charge is 0.480 e. The highest BCUT2D eigenvalue weighted by atomic mass is 32.2. The van der Waals surface area contributed by atoms with Gasteiger partial charge in [0.2, 0.25) is 5.91 Å². The summed E-state index contributed by atoms with van der Waals surface area (Å²) in [7, 11) is -3.06. The molecule has 94 valence electrons. The van der Waals surface area contributed by atoms with E-state index in [2.05, 4.69) is 10.6 Å². The summed E-state index contributed by atoms with van der Waals surface area (Å²) in [6.07, 6.45) is 1.09. The summed E-state index contributed by atoms with van der Waals surface area (Å²) in [5.41, 5.74) is 0. The number of carboxylic acid groups (broad SMARTS) is 1. The van der Waals surface area contributed by atoms with Crippen LogP contribution < -0.4 is 10.6 Å². The van der Waals surface area contributed by atoms with Crippen molar-refractivity contribution in [3.63, 3.8) is 0 Å². The van der Waals surface area contributed by atoms with E-state index in [4.69, 9.17) is 5.11 Å². The van der Waals surface area contributed by atoms with Crippen molar-refractivity contribution < 1.29 is 23.1 Å². The number of nitrogens with one attached hydrogen (secondary N) is 2. The van der Waals surface area contributed by atoms with E-state index in [1.54, 1.807) is 0 Å². The summed E-state index contributed by atoms with van der Waals surface area (Å²) in [6, 6.07) is -1.04. The van der Waals surface area contributed by atoms with Crippen LogP contribution in [0.25, 0.3) is 0 Å². The molecule has 1 atom stereocenters. The van der Waals surface area contributed by atoms with Crippen LogP contribution in [-0.2, 0) is 19.4 Å². The molecule has 0 aromatic carbocycles. The number of carboxylic acids is 1. The van der Waals surface area contributed by atoms with E-state index in [0.717, 1.165) is 6.26 Å². The number of sulfone groups is 1. The lowest BCUT2D eigenvalue weighted by atomic mass is 10.3. The second-order valence-electron chi connectivity index (χ2n) is 3.43. The molecule has 0 aromatic heterocycles. The lowest BCUT2D eigenvalue weighted by Gasteiger charge is -2.13. The highest BCUT2D eigenvalue weighted by molar-refractivity contribution is 7.90. The van der Waals surface area contributed by atoms with Crippen LogP contribution in [0.15, 0.2) is 0 Å². The fraction of sp³-hybridized carbons (Fsp3) is 0.750. The average Bonchev–Trinajstić information content (AvgIpc) is 2.07. The maximum Gasteiger partial charge on any atom is 0.327 e. The minimum Gasteiger partial charge on any atom is -0.480 e. The summed E-state index contributed by atoms with van der Waals surface area (Å²) >= 11 is 0. The Balaban J connectivity index is 3.95. The first kappa shape index (κ1) is 14.8. The second-order valence-corrected chi connectivity index (χ2v) is 5.69. The Hall–Kier alpha value is -1.15. The van der Waals surface area contributed by atoms with Crippen LogP contribution in [0, 0.1) is 0 Å². The van der Waals surface area contributed by atoms with Gasteiger partial charge in [-0.2, -0.15) is 0 Å². The van der Waals surface area contributed by atoms with E-state index >= 15 is 0 Å². The Kier molecular flexibility index (Phi) is 5.97. The molecule has 0 aliphatic carbocycles. The molecule has 3 N–H and O–H groups in total. The zero-order valence-electron chi connectivity index (χ0n) is 9.19. The molecular formula is C8H16N2O5S. The number of aliphatic carboxylic acids is 1. The summed E-state index contributed by atoms with van der Waals surface area (Å²) < 4.78 is 21.5. The third-order valence-electron chi connectivity index (χ3n) is 1.67. The standard InChI is InChI=1S/C8H16N2O5S/c1-6(11)10-7(8(12)13)5-9-3-4-16(2,14)15/h7,9H,3-5H2,1-2H3,(H,10,11)(H,12,13). The molecule has 0 aliphatic rings. The van der Waals surface area contributed by atoms with E-state index in [-0.39, 0.29) is 18.8 Å². The van der Waals surface area contributed by atoms with E-state index in [1.165, 1.54) is 6.92 Å². The third kappa shape index (κ3) is 8.18. The van der Waals surface area contributed by atoms with Gasteiger partial charge in [-0.15, -0.1) is 0 Å². The van der Waals surface area contributed by atoms with Gasteiger partial charge in [-0.25, -0.2) is 13.2 Å². The van der Waals surface area contributed by atoms with Gasteiger partial charge in [0, 0.05) is 26.3 Å². The monoisotopic (exact) mass is 252 g/mol. The normalized spacial score (nSPS) is 13.1. The molecule has 0 saturated heterocycles. The first-order valence-corrected chi connectivity index (χ1v) is 6.67. The van der Waals surface area contributed by atoms with Crippen molar-refractivity contribution in [3.05, 3.63) is 0 Å². The molecule has 7 nitrogen and oxygen atoms in total. The molecule has 0 rings (SSSR count). The first-order chi connectivity index (χ1) is 7.22. The van der Waals surface area contributed by atoms with Crippen molar-refractivity contribution >= 4 is 21.7 Å². The molecule has 0 fully saturated rings. The van der Waals surface area contributed by atoms with Crippen LogP contribution >= 0.6 is 0 Å². The Morgan fingerprint density at radius 1 is 1.38 bits per heavy atom. The van der Waals surface area contributed by atoms with Gasteiger partial charge in [0.15, 0.2) is 0 Å². The average molecular weight is 252 g/mol. The molecule has 0 radical (unpaired) electrons. The van der Waals surface area contributed by atoms with Crippen molar-refractivity contribution in [3.8, 4) is 0 Å². The highest BCUT2D eigenvalue weighted by Gasteiger charge is 2.17. The van der Waals surface area contributed by atoms with E-state index in [9.17, 15) is 18.0 Å². The summed E-state index contributed by atoms with van der Waals surface area (Å²) in [4.78, 5) is 21.3. The fourth-order valence-corrected chi connectivity index (χ4v) is 1.46. The maximum atomic E-state index is 10.8. The molecule has 0 bridgehead atoms. The van der Waals surface area contributed by atoms with Gasteiger partial charge in [-0.05, 0) is 0 Å². The molecule has 0 saturated carbocycles. The van der Waals surface area contributed by atoms with Gasteiger partial charge < -0.3 is 15.7 Å². The van der Waals surface area contributed by atoms with Crippen LogP contribution in [0.1, 0.15) is 6.92 Å². The molecule has 0 heterocycles. The van der Waals surface area contributed by atoms with E-state index in [0.29, 0.717) is 0 Å². The van der Waals surface area contributed by atoms with Crippen molar-refractivity contribution in [1.29, 1.82) is 0 Å². The summed E-state index contributed by atoms with van der Waals surface area (Å²) in [5.74, 6) is -1.68. The Labute approximate surface area is 94.1 Å². The molecule has 1 unspecified atom stereocenters. The Morgan fingerprint density at radius 3 is 2.31 bits per heavy atom. The number of carbonyl (C=O) groups excluding carboxylic acids is 1. The van der Waals surface area contributed by atoms with Crippen molar-refractivity contribution in [2.75, 3.05) is 25.1 Å². The molecular weight excluding hydrogens is 236 g/mol. The van der Waals surface area contributed by atoms with Gasteiger partial charge in [0.25, 0.3) is 0 Å². The van der Waals surface area contributed by atoms with Crippen LogP contribution in [0.3, 0.4) is 0 Å². The number of carbonyl (C=O) groups is 2. The van der Waals surface area contributed by atoms with Crippen molar-refractivity contribution in [2.45, 2.75) is 13.0 Å². The number of rotatable bonds is 7. The summed E-state index contributed by atoms with van der Waals surface area (Å²) in [6.45, 7) is 1.36. The van der Waals surface area contributed by atoms with Gasteiger partial charge in [-0.3, -0.25) is 4.79 Å². The number of hydrogen-bond acceptors (Lipinski definition) is 5. The van der Waals surface area contributed by atoms with Crippen LogP contribution in [0.4, 0.5) is 0 Å². The SMILES string of the molecule is CC(=O)NC(CNCCS(C)(=O)=O)C(=O)O. The predicted molar refractivity (Wildman–Crippen MR) is 57.8 cm³/mol. The lowest BCUT2D eigenvalue weighted by Crippen LogP contribution is -2.47. The second kappa shape index (κ2) is 6.44. The molecule has 1 amide bonds. The fourth-order valence-electron chi connectivity index (χ4n) is 0.949. The zero-order valence-corrected chi connectivity index (χ0v) is 10.0. The Bertz CT molecular complexity index is 351. The molecule has 0 aromatic rings. The number of amides is 1. The molecule has 16 heavy (non-hydrogen) atoms. The van der Waals surface area contributed by atoms with Gasteiger partial charge >= 0.3 is 5.97 Å².